The lowest BCUT2D eigenvalue weighted by atomic mass is 9.68. The molecule has 0 aromatic heterocycles. The molecule has 4 fully saturated rings. The third kappa shape index (κ3) is 4.65. The van der Waals surface area contributed by atoms with Gasteiger partial charge in [-0.3, -0.25) is 24.2 Å². The van der Waals surface area contributed by atoms with E-state index in [2.05, 4.69) is 20.4 Å². The van der Waals surface area contributed by atoms with Gasteiger partial charge in [0.1, 0.15) is 16.8 Å². The molecule has 12 nitrogen and oxygen atoms in total. The first-order valence-corrected chi connectivity index (χ1v) is 19.7. The van der Waals surface area contributed by atoms with Gasteiger partial charge in [-0.05, 0) is 86.3 Å². The van der Waals surface area contributed by atoms with Gasteiger partial charge in [0.15, 0.2) is 28.8 Å². The second kappa shape index (κ2) is 12.8. The maximum absolute atomic E-state index is 15.5. The molecule has 292 valence electrons. The number of fused-ring (bicyclic) bond motifs is 8. The molecule has 4 aromatic carbocycles. The number of anilines is 2. The van der Waals surface area contributed by atoms with E-state index in [1.165, 1.54) is 26.4 Å². The van der Waals surface area contributed by atoms with Gasteiger partial charge in [0.05, 0.1) is 20.1 Å². The number of phenols is 2. The van der Waals surface area contributed by atoms with Crippen molar-refractivity contribution >= 4 is 29.0 Å². The molecule has 10 rings (SSSR count). The Morgan fingerprint density at radius 3 is 2.00 bits per heavy atom. The highest BCUT2D eigenvalue weighted by atomic mass is 16.5. The minimum Gasteiger partial charge on any atom is -0.512 e. The van der Waals surface area contributed by atoms with Gasteiger partial charge >= 0.3 is 0 Å². The van der Waals surface area contributed by atoms with Crippen LogP contribution in [0.3, 0.4) is 0 Å². The molecular weight excluding hydrogens is 725 g/mol. The topological polar surface area (TPSA) is 161 Å². The number of para-hydroxylation sites is 2. The molecule has 4 saturated heterocycles. The fourth-order valence-corrected chi connectivity index (χ4v) is 12.0. The Morgan fingerprint density at radius 2 is 1.33 bits per heavy atom. The van der Waals surface area contributed by atoms with Gasteiger partial charge in [0, 0.05) is 58.4 Å². The zero-order valence-corrected chi connectivity index (χ0v) is 31.6. The summed E-state index contributed by atoms with van der Waals surface area (Å²) in [5, 5.41) is 40.6. The minimum absolute atomic E-state index is 0.0608. The van der Waals surface area contributed by atoms with E-state index in [0.717, 1.165) is 24.8 Å². The van der Waals surface area contributed by atoms with Crippen molar-refractivity contribution in [3.05, 3.63) is 119 Å². The molecule has 6 aliphatic rings. The van der Waals surface area contributed by atoms with Crippen molar-refractivity contribution in [1.29, 1.82) is 0 Å². The monoisotopic (exact) mass is 768 g/mol. The molecule has 0 bridgehead atoms. The van der Waals surface area contributed by atoms with Gasteiger partial charge in [-0.1, -0.05) is 48.5 Å². The normalized spacial score (nSPS) is 31.3. The summed E-state index contributed by atoms with van der Waals surface area (Å²) in [6.45, 7) is 1.18. The van der Waals surface area contributed by atoms with Crippen LogP contribution < -0.4 is 20.1 Å². The lowest BCUT2D eigenvalue weighted by Gasteiger charge is -2.38. The Labute approximate surface area is 329 Å². The van der Waals surface area contributed by atoms with Crippen LogP contribution in [0.25, 0.3) is 0 Å². The number of aliphatic hydroxyl groups is 1. The van der Waals surface area contributed by atoms with Crippen LogP contribution in [0.1, 0.15) is 59.8 Å². The SMILES string of the molecule is COc1ccc(C2C3CCCN3C3(C(=O)Nc4ccccc43)C2C(=O)/C=C(\O)C2C3CCCN3C3(C(=O)Nc4ccccc43)C2c2ccc(O)c(OC)c2)cc1O. The molecule has 0 aliphatic carbocycles. The fourth-order valence-electron chi connectivity index (χ4n) is 12.0. The highest BCUT2D eigenvalue weighted by molar-refractivity contribution is 6.11. The van der Waals surface area contributed by atoms with Crippen LogP contribution in [-0.2, 0) is 25.5 Å². The van der Waals surface area contributed by atoms with Crippen molar-refractivity contribution in [2.24, 2.45) is 11.8 Å². The van der Waals surface area contributed by atoms with E-state index in [4.69, 9.17) is 9.47 Å². The molecular formula is C45H44N4O8. The molecule has 0 saturated carbocycles. The molecule has 5 N–H and O–H groups in total. The van der Waals surface area contributed by atoms with Crippen molar-refractivity contribution < 1.29 is 39.2 Å². The first-order valence-electron chi connectivity index (χ1n) is 19.7. The number of ketones is 1. The smallest absolute Gasteiger partial charge is 0.250 e. The van der Waals surface area contributed by atoms with E-state index in [-0.39, 0.29) is 46.9 Å². The van der Waals surface area contributed by atoms with E-state index in [1.54, 1.807) is 24.3 Å². The highest BCUT2D eigenvalue weighted by Crippen LogP contribution is 2.64. The average molecular weight is 769 g/mol. The Balaban J connectivity index is 1.16. The third-order valence-corrected chi connectivity index (χ3v) is 13.9. The second-order valence-corrected chi connectivity index (χ2v) is 16.2. The molecule has 57 heavy (non-hydrogen) atoms. The van der Waals surface area contributed by atoms with Crippen LogP contribution in [0.5, 0.6) is 23.0 Å². The maximum Gasteiger partial charge on any atom is 0.250 e. The predicted molar refractivity (Wildman–Crippen MR) is 210 cm³/mol. The molecule has 2 spiro atoms. The lowest BCUT2D eigenvalue weighted by Crippen LogP contribution is -2.52. The summed E-state index contributed by atoms with van der Waals surface area (Å²) in [6, 6.07) is 24.7. The van der Waals surface area contributed by atoms with Crippen molar-refractivity contribution in [2.45, 2.75) is 60.7 Å². The number of hydrogen-bond acceptors (Lipinski definition) is 10. The van der Waals surface area contributed by atoms with E-state index in [9.17, 15) is 24.9 Å². The van der Waals surface area contributed by atoms with E-state index < -0.39 is 40.5 Å². The maximum atomic E-state index is 15.5. The van der Waals surface area contributed by atoms with Gasteiger partial charge < -0.3 is 35.4 Å². The van der Waals surface area contributed by atoms with Gasteiger partial charge in [-0.25, -0.2) is 0 Å². The Bertz CT molecular complexity index is 2400. The van der Waals surface area contributed by atoms with Crippen molar-refractivity contribution in [1.82, 2.24) is 9.80 Å². The van der Waals surface area contributed by atoms with Crippen LogP contribution in [0.2, 0.25) is 0 Å². The second-order valence-electron chi connectivity index (χ2n) is 16.2. The zero-order chi connectivity index (χ0) is 39.4. The molecule has 8 unspecified atom stereocenters. The fraction of sp³-hybridized carbons (Fsp3) is 0.356. The van der Waals surface area contributed by atoms with Gasteiger partial charge in [0.25, 0.3) is 0 Å². The van der Waals surface area contributed by atoms with Crippen molar-refractivity contribution in [3.8, 4) is 23.0 Å². The quantitative estimate of drug-likeness (QED) is 0.114. The minimum atomic E-state index is -1.38. The summed E-state index contributed by atoms with van der Waals surface area (Å²) in [5.41, 5.74) is 1.57. The number of amides is 2. The molecule has 0 radical (unpaired) electrons. The number of methoxy groups -OCH3 is 2. The van der Waals surface area contributed by atoms with E-state index in [0.29, 0.717) is 53.3 Å². The number of rotatable bonds is 7. The van der Waals surface area contributed by atoms with E-state index >= 15 is 4.79 Å². The molecule has 4 aromatic rings. The number of hydrogen-bond donors (Lipinski definition) is 5. The Morgan fingerprint density at radius 1 is 0.737 bits per heavy atom. The number of nitrogens with zero attached hydrogens (tertiary/aromatic N) is 2. The summed E-state index contributed by atoms with van der Waals surface area (Å²) < 4.78 is 10.9. The Kier molecular flexibility index (Phi) is 8.01. The lowest BCUT2D eigenvalue weighted by molar-refractivity contribution is -0.134. The largest absolute Gasteiger partial charge is 0.512 e. The Hall–Kier alpha value is -5.85. The first-order chi connectivity index (χ1) is 27.7. The van der Waals surface area contributed by atoms with Crippen LogP contribution in [-0.4, -0.2) is 82.1 Å². The van der Waals surface area contributed by atoms with Gasteiger partial charge in [0.2, 0.25) is 11.8 Å². The number of benzene rings is 4. The number of aliphatic hydroxyl groups excluding tert-OH is 1. The zero-order valence-electron chi connectivity index (χ0n) is 31.6. The summed E-state index contributed by atoms with van der Waals surface area (Å²) in [7, 11) is 2.94. The average Bonchev–Trinajstić information content (AvgIpc) is 4.05. The number of carbonyl (C=O) groups is 3. The standard InChI is InChI=1S/C45H44N4O8/c1-56-36-18-16-24(21-33(36)51)38-30-13-7-19-48(30)45(27-10-4-6-12-29(27)47-43(45)55)41(38)35(53)23-34(52)39-31-14-8-20-49(31)44(26-9-3-5-11-28(26)46-42(44)54)40(39)25-15-17-32(50)37(22-25)57-2/h3-6,9-12,15-18,21-23,30-31,38-41,50-52H,7-8,13-14,19-20H2,1-2H3,(H,46,54)(H,47,55)/b34-23-. The van der Waals surface area contributed by atoms with Gasteiger partial charge in [-0.2, -0.15) is 0 Å². The first kappa shape index (κ1) is 35.6. The van der Waals surface area contributed by atoms with Crippen molar-refractivity contribution in [2.75, 3.05) is 37.9 Å². The molecule has 2 amide bonds. The van der Waals surface area contributed by atoms with Crippen LogP contribution in [0, 0.1) is 11.8 Å². The number of carbonyl (C=O) groups excluding carboxylic acids is 3. The molecule has 6 aliphatic heterocycles. The summed E-state index contributed by atoms with van der Waals surface area (Å²) in [4.78, 5) is 49.2. The summed E-state index contributed by atoms with van der Waals surface area (Å²) in [6.07, 6.45) is 4.34. The summed E-state index contributed by atoms with van der Waals surface area (Å²) in [5.74, 6) is -3.65. The van der Waals surface area contributed by atoms with Gasteiger partial charge in [-0.15, -0.1) is 0 Å². The van der Waals surface area contributed by atoms with Crippen LogP contribution in [0.4, 0.5) is 11.4 Å². The third-order valence-electron chi connectivity index (χ3n) is 13.9. The number of phenolic OH excluding ortho intramolecular Hbond substituents is 2. The molecule has 12 heteroatoms. The molecule has 6 heterocycles. The van der Waals surface area contributed by atoms with Crippen LogP contribution in [0.15, 0.2) is 96.8 Å². The molecule has 8 atom stereocenters. The van der Waals surface area contributed by atoms with Crippen LogP contribution >= 0.6 is 0 Å². The number of ether oxygens (including phenoxy) is 2. The highest BCUT2D eigenvalue weighted by Gasteiger charge is 2.71. The number of aromatic hydroxyl groups is 2. The summed E-state index contributed by atoms with van der Waals surface area (Å²) >= 11 is 0. The van der Waals surface area contributed by atoms with Crippen molar-refractivity contribution in [3.63, 3.8) is 0 Å². The predicted octanol–water partition coefficient (Wildman–Crippen LogP) is 5.88. The number of allylic oxidation sites excluding steroid dienone is 1. The number of nitrogens with one attached hydrogen (secondary N) is 2. The van der Waals surface area contributed by atoms with E-state index in [1.807, 2.05) is 54.6 Å².